The molecule has 20 heavy (non-hydrogen) atoms. The number of nitrogens with two attached hydrogens (primary N) is 1. The normalized spacial score (nSPS) is 11.7. The molecule has 0 aromatic heterocycles. The molecule has 0 bridgehead atoms. The van der Waals surface area contributed by atoms with Gasteiger partial charge in [0.05, 0.1) is 19.8 Å². The largest absolute Gasteiger partial charge is 0.497 e. The third-order valence-corrected chi connectivity index (χ3v) is 3.21. The van der Waals surface area contributed by atoms with Crippen LogP contribution in [0.5, 0.6) is 11.5 Å². The zero-order chi connectivity index (χ0) is 14.8. The van der Waals surface area contributed by atoms with Gasteiger partial charge in [0.25, 0.3) is 0 Å². The fourth-order valence-corrected chi connectivity index (χ4v) is 1.90. The van der Waals surface area contributed by atoms with E-state index in [-0.39, 0.29) is 6.04 Å². The molecule has 4 nitrogen and oxygen atoms in total. The molecule has 1 atom stereocenters. The van der Waals surface area contributed by atoms with Crippen molar-refractivity contribution in [3.63, 3.8) is 0 Å². The quantitative estimate of drug-likeness (QED) is 0.704. The standard InChI is InChI=1S/C16H24N2O2/c1-3-14(18)11-13-12-15(19-2)7-8-16(13)20-10-6-4-5-9-17/h7-8,12,14H,3-6,10-11,18H2,1-2H3. The number of methoxy groups -OCH3 is 1. The van der Waals surface area contributed by atoms with Crippen LogP contribution in [0.15, 0.2) is 18.2 Å². The van der Waals surface area contributed by atoms with Crippen molar-refractivity contribution in [3.05, 3.63) is 23.8 Å². The Balaban J connectivity index is 2.65. The first kappa shape index (κ1) is 16.3. The number of unbranched alkanes of at least 4 members (excludes halogenated alkanes) is 2. The number of ether oxygens (including phenoxy) is 2. The molecule has 4 heteroatoms. The van der Waals surface area contributed by atoms with Crippen LogP contribution in [-0.2, 0) is 6.42 Å². The Morgan fingerprint density at radius 2 is 2.15 bits per heavy atom. The van der Waals surface area contributed by atoms with E-state index >= 15 is 0 Å². The Morgan fingerprint density at radius 1 is 1.35 bits per heavy atom. The first-order chi connectivity index (χ1) is 9.71. The van der Waals surface area contributed by atoms with E-state index in [1.807, 2.05) is 18.2 Å². The van der Waals surface area contributed by atoms with Gasteiger partial charge < -0.3 is 15.2 Å². The predicted molar refractivity (Wildman–Crippen MR) is 79.9 cm³/mol. The molecule has 0 saturated carbocycles. The third kappa shape index (κ3) is 5.50. The number of nitriles is 1. The van der Waals surface area contributed by atoms with E-state index in [1.165, 1.54) is 0 Å². The lowest BCUT2D eigenvalue weighted by atomic mass is 10.0. The van der Waals surface area contributed by atoms with Crippen LogP contribution in [0.4, 0.5) is 0 Å². The van der Waals surface area contributed by atoms with Crippen molar-refractivity contribution in [2.75, 3.05) is 13.7 Å². The van der Waals surface area contributed by atoms with Gasteiger partial charge in [-0.15, -0.1) is 0 Å². The van der Waals surface area contributed by atoms with Gasteiger partial charge in [0, 0.05) is 12.5 Å². The van der Waals surface area contributed by atoms with Crippen molar-refractivity contribution in [2.45, 2.75) is 45.1 Å². The van der Waals surface area contributed by atoms with Gasteiger partial charge in [-0.3, -0.25) is 0 Å². The van der Waals surface area contributed by atoms with Crippen molar-refractivity contribution >= 4 is 0 Å². The molecule has 0 spiro atoms. The Labute approximate surface area is 121 Å². The van der Waals surface area contributed by atoms with Gasteiger partial charge in [0.15, 0.2) is 0 Å². The maximum Gasteiger partial charge on any atom is 0.122 e. The highest BCUT2D eigenvalue weighted by molar-refractivity contribution is 5.40. The van der Waals surface area contributed by atoms with Crippen molar-refractivity contribution < 1.29 is 9.47 Å². The summed E-state index contributed by atoms with van der Waals surface area (Å²) < 4.78 is 11.1. The van der Waals surface area contributed by atoms with Crippen molar-refractivity contribution in [1.29, 1.82) is 5.26 Å². The second kappa shape index (κ2) is 9.22. The lowest BCUT2D eigenvalue weighted by Gasteiger charge is -2.15. The number of rotatable bonds is 9. The van der Waals surface area contributed by atoms with Gasteiger partial charge in [0.1, 0.15) is 11.5 Å². The molecule has 0 radical (unpaired) electrons. The van der Waals surface area contributed by atoms with E-state index in [0.717, 1.165) is 42.7 Å². The highest BCUT2D eigenvalue weighted by Crippen LogP contribution is 2.26. The molecule has 0 saturated heterocycles. The molecule has 1 rings (SSSR count). The average molecular weight is 276 g/mol. The highest BCUT2D eigenvalue weighted by Gasteiger charge is 2.09. The van der Waals surface area contributed by atoms with E-state index < -0.39 is 0 Å². The second-order valence-electron chi connectivity index (χ2n) is 4.81. The average Bonchev–Trinajstić information content (AvgIpc) is 2.48. The minimum Gasteiger partial charge on any atom is -0.497 e. The van der Waals surface area contributed by atoms with E-state index in [1.54, 1.807) is 7.11 Å². The van der Waals surface area contributed by atoms with Crippen LogP contribution >= 0.6 is 0 Å². The SMILES string of the molecule is CCC(N)Cc1cc(OC)ccc1OCCCCC#N. The summed E-state index contributed by atoms with van der Waals surface area (Å²) in [5.41, 5.74) is 7.11. The third-order valence-electron chi connectivity index (χ3n) is 3.21. The van der Waals surface area contributed by atoms with E-state index in [0.29, 0.717) is 13.0 Å². The van der Waals surface area contributed by atoms with E-state index in [2.05, 4.69) is 13.0 Å². The van der Waals surface area contributed by atoms with Crippen LogP contribution < -0.4 is 15.2 Å². The second-order valence-corrected chi connectivity index (χ2v) is 4.81. The minimum absolute atomic E-state index is 0.128. The number of hydrogen-bond donors (Lipinski definition) is 1. The Kier molecular flexibility index (Phi) is 7.52. The first-order valence-electron chi connectivity index (χ1n) is 7.13. The predicted octanol–water partition coefficient (Wildman–Crippen LogP) is 3.05. The van der Waals surface area contributed by atoms with Crippen molar-refractivity contribution in [1.82, 2.24) is 0 Å². The monoisotopic (exact) mass is 276 g/mol. The molecule has 0 aliphatic rings. The fourth-order valence-electron chi connectivity index (χ4n) is 1.90. The van der Waals surface area contributed by atoms with Gasteiger partial charge in [-0.1, -0.05) is 6.92 Å². The molecule has 0 heterocycles. The lowest BCUT2D eigenvalue weighted by molar-refractivity contribution is 0.303. The van der Waals surface area contributed by atoms with Gasteiger partial charge in [0.2, 0.25) is 0 Å². The molecule has 2 N–H and O–H groups in total. The van der Waals surface area contributed by atoms with Crippen LogP contribution in [0.25, 0.3) is 0 Å². The topological polar surface area (TPSA) is 68.3 Å². The summed E-state index contributed by atoms with van der Waals surface area (Å²) in [6.45, 7) is 2.70. The first-order valence-corrected chi connectivity index (χ1v) is 7.13. The fraction of sp³-hybridized carbons (Fsp3) is 0.562. The Bertz CT molecular complexity index is 441. The van der Waals surface area contributed by atoms with Crippen LogP contribution in [0.1, 0.15) is 38.2 Å². The Morgan fingerprint density at radius 3 is 2.80 bits per heavy atom. The molecule has 0 amide bonds. The Hall–Kier alpha value is -1.73. The molecular formula is C16H24N2O2. The zero-order valence-corrected chi connectivity index (χ0v) is 12.4. The molecule has 0 aliphatic carbocycles. The molecule has 0 fully saturated rings. The summed E-state index contributed by atoms with van der Waals surface area (Å²) in [6, 6.07) is 8.08. The molecule has 0 aliphatic heterocycles. The molecule has 1 aromatic rings. The summed E-state index contributed by atoms with van der Waals surface area (Å²) in [5.74, 6) is 1.69. The van der Waals surface area contributed by atoms with E-state index in [9.17, 15) is 0 Å². The number of benzene rings is 1. The molecular weight excluding hydrogens is 252 g/mol. The van der Waals surface area contributed by atoms with Crippen molar-refractivity contribution in [2.24, 2.45) is 5.73 Å². The van der Waals surface area contributed by atoms with Gasteiger partial charge in [-0.25, -0.2) is 0 Å². The molecule has 1 unspecified atom stereocenters. The summed E-state index contributed by atoms with van der Waals surface area (Å²) in [7, 11) is 1.65. The number of hydrogen-bond acceptors (Lipinski definition) is 4. The summed E-state index contributed by atoms with van der Waals surface area (Å²) in [5, 5.41) is 8.49. The minimum atomic E-state index is 0.128. The van der Waals surface area contributed by atoms with Crippen LogP contribution in [0, 0.1) is 11.3 Å². The summed E-state index contributed by atoms with van der Waals surface area (Å²) in [4.78, 5) is 0. The van der Waals surface area contributed by atoms with Gasteiger partial charge >= 0.3 is 0 Å². The molecule has 1 aromatic carbocycles. The van der Waals surface area contributed by atoms with Crippen molar-refractivity contribution in [3.8, 4) is 17.6 Å². The van der Waals surface area contributed by atoms with E-state index in [4.69, 9.17) is 20.5 Å². The summed E-state index contributed by atoms with van der Waals surface area (Å²) in [6.07, 6.45) is 4.05. The maximum absolute atomic E-state index is 8.49. The van der Waals surface area contributed by atoms with Gasteiger partial charge in [-0.05, 0) is 49.4 Å². The van der Waals surface area contributed by atoms with Crippen LogP contribution in [0.2, 0.25) is 0 Å². The van der Waals surface area contributed by atoms with Gasteiger partial charge in [-0.2, -0.15) is 5.26 Å². The maximum atomic E-state index is 8.49. The smallest absolute Gasteiger partial charge is 0.122 e. The number of nitrogens with zero attached hydrogens (tertiary/aromatic N) is 1. The van der Waals surface area contributed by atoms with Crippen LogP contribution in [-0.4, -0.2) is 19.8 Å². The summed E-state index contributed by atoms with van der Waals surface area (Å²) >= 11 is 0. The zero-order valence-electron chi connectivity index (χ0n) is 12.4. The highest BCUT2D eigenvalue weighted by atomic mass is 16.5. The molecule has 110 valence electrons. The van der Waals surface area contributed by atoms with Crippen LogP contribution in [0.3, 0.4) is 0 Å². The lowest BCUT2D eigenvalue weighted by Crippen LogP contribution is -2.21.